The first-order valence-corrected chi connectivity index (χ1v) is 9.74. The predicted molar refractivity (Wildman–Crippen MR) is 117 cm³/mol. The minimum atomic E-state index is -0.148. The minimum Gasteiger partial charge on any atom is -0.383 e. The fourth-order valence-corrected chi connectivity index (χ4v) is 3.52. The molecular weight excluding hydrogens is 362 g/mol. The van der Waals surface area contributed by atoms with Crippen LogP contribution in [0.15, 0.2) is 66.9 Å². The molecule has 2 aromatic carbocycles. The number of nitrogens with one attached hydrogen (secondary N) is 2. The van der Waals surface area contributed by atoms with Gasteiger partial charge < -0.3 is 19.9 Å². The average molecular weight is 387 g/mol. The van der Waals surface area contributed by atoms with Gasteiger partial charge in [0, 0.05) is 36.9 Å². The summed E-state index contributed by atoms with van der Waals surface area (Å²) in [5.74, 6) is -0.148. The lowest BCUT2D eigenvalue weighted by Crippen LogP contribution is -2.30. The van der Waals surface area contributed by atoms with Gasteiger partial charge in [0.05, 0.1) is 5.69 Å². The Balaban J connectivity index is 1.43. The fraction of sp³-hybridized carbons (Fsp3) is 0.217. The van der Waals surface area contributed by atoms with Gasteiger partial charge in [-0.3, -0.25) is 4.79 Å². The van der Waals surface area contributed by atoms with Gasteiger partial charge in [-0.2, -0.15) is 0 Å². The Morgan fingerprint density at radius 3 is 2.66 bits per heavy atom. The largest absolute Gasteiger partial charge is 0.383 e. The molecule has 0 saturated heterocycles. The van der Waals surface area contributed by atoms with Crippen molar-refractivity contribution in [2.24, 2.45) is 0 Å². The third-order valence-electron chi connectivity index (χ3n) is 4.83. The zero-order valence-electron chi connectivity index (χ0n) is 16.7. The van der Waals surface area contributed by atoms with Crippen molar-refractivity contribution >= 4 is 28.0 Å². The number of benzene rings is 2. The Morgan fingerprint density at radius 1 is 1.00 bits per heavy atom. The van der Waals surface area contributed by atoms with E-state index in [0.29, 0.717) is 25.3 Å². The molecule has 4 rings (SSSR count). The van der Waals surface area contributed by atoms with Gasteiger partial charge in [0.25, 0.3) is 5.91 Å². The van der Waals surface area contributed by atoms with Gasteiger partial charge in [-0.1, -0.05) is 42.5 Å². The highest BCUT2D eigenvalue weighted by molar-refractivity contribution is 5.95. The number of carbonyl (C=O) groups excluding carboxylic acids is 1. The van der Waals surface area contributed by atoms with Crippen LogP contribution >= 0.6 is 0 Å². The molecule has 0 atom stereocenters. The number of nitrogens with zero attached hydrogens (tertiary/aromatic N) is 3. The van der Waals surface area contributed by atoms with Crippen molar-refractivity contribution < 1.29 is 4.79 Å². The quantitative estimate of drug-likeness (QED) is 0.477. The number of pyridine rings is 1. The molecule has 0 aliphatic heterocycles. The minimum absolute atomic E-state index is 0.148. The van der Waals surface area contributed by atoms with Gasteiger partial charge in [0.1, 0.15) is 5.65 Å². The van der Waals surface area contributed by atoms with Crippen molar-refractivity contribution in [3.63, 3.8) is 0 Å². The van der Waals surface area contributed by atoms with Crippen LogP contribution in [-0.2, 0) is 6.54 Å². The Kier molecular flexibility index (Phi) is 5.44. The van der Waals surface area contributed by atoms with Gasteiger partial charge in [0.2, 0.25) is 0 Å². The number of carbonyl (C=O) groups is 1. The zero-order chi connectivity index (χ0) is 20.2. The Labute approximate surface area is 170 Å². The molecule has 0 radical (unpaired) electrons. The van der Waals surface area contributed by atoms with E-state index < -0.39 is 0 Å². The molecule has 0 fully saturated rings. The predicted octanol–water partition coefficient (Wildman–Crippen LogP) is 3.39. The van der Waals surface area contributed by atoms with E-state index in [9.17, 15) is 4.79 Å². The van der Waals surface area contributed by atoms with E-state index in [1.165, 1.54) is 10.8 Å². The molecule has 6 nitrogen and oxygen atoms in total. The lowest BCUT2D eigenvalue weighted by atomic mass is 10.1. The third kappa shape index (κ3) is 4.07. The van der Waals surface area contributed by atoms with Crippen molar-refractivity contribution in [3.8, 4) is 0 Å². The molecule has 0 bridgehead atoms. The average Bonchev–Trinajstić information content (AvgIpc) is 3.09. The first-order valence-electron chi connectivity index (χ1n) is 9.74. The Hall–Kier alpha value is -3.38. The maximum atomic E-state index is 12.8. The summed E-state index contributed by atoms with van der Waals surface area (Å²) in [6, 6.07) is 20.2. The molecule has 2 heterocycles. The van der Waals surface area contributed by atoms with Crippen molar-refractivity contribution in [2.75, 3.05) is 32.5 Å². The summed E-state index contributed by atoms with van der Waals surface area (Å²) in [4.78, 5) is 19.4. The molecule has 1 amide bonds. The summed E-state index contributed by atoms with van der Waals surface area (Å²) in [6.07, 6.45) is 1.94. The first-order chi connectivity index (χ1) is 14.1. The van der Waals surface area contributed by atoms with Crippen molar-refractivity contribution in [1.29, 1.82) is 0 Å². The fourth-order valence-electron chi connectivity index (χ4n) is 3.52. The molecule has 0 aliphatic rings. The van der Waals surface area contributed by atoms with Crippen LogP contribution in [-0.4, -0.2) is 47.4 Å². The zero-order valence-corrected chi connectivity index (χ0v) is 16.7. The van der Waals surface area contributed by atoms with E-state index in [-0.39, 0.29) is 5.91 Å². The maximum Gasteiger partial charge on any atom is 0.271 e. The number of aromatic nitrogens is 2. The van der Waals surface area contributed by atoms with Crippen LogP contribution in [0.1, 0.15) is 16.2 Å². The topological polar surface area (TPSA) is 61.7 Å². The molecule has 0 spiro atoms. The van der Waals surface area contributed by atoms with Crippen LogP contribution in [0.3, 0.4) is 0 Å². The number of hydrogen-bond donors (Lipinski definition) is 2. The van der Waals surface area contributed by atoms with E-state index in [1.807, 2.05) is 66.0 Å². The van der Waals surface area contributed by atoms with Crippen molar-refractivity contribution in [3.05, 3.63) is 78.2 Å². The van der Waals surface area contributed by atoms with E-state index in [1.54, 1.807) is 0 Å². The number of fused-ring (bicyclic) bond motifs is 2. The lowest BCUT2D eigenvalue weighted by molar-refractivity contribution is 0.0949. The molecule has 0 saturated carbocycles. The third-order valence-corrected chi connectivity index (χ3v) is 4.83. The monoisotopic (exact) mass is 387 g/mol. The highest BCUT2D eigenvalue weighted by Crippen LogP contribution is 2.22. The highest BCUT2D eigenvalue weighted by atomic mass is 16.1. The van der Waals surface area contributed by atoms with Crippen LogP contribution in [0.25, 0.3) is 16.4 Å². The van der Waals surface area contributed by atoms with Gasteiger partial charge in [-0.05, 0) is 37.7 Å². The summed E-state index contributed by atoms with van der Waals surface area (Å²) >= 11 is 0. The summed E-state index contributed by atoms with van der Waals surface area (Å²) in [7, 11) is 3.97. The van der Waals surface area contributed by atoms with Gasteiger partial charge in [-0.25, -0.2) is 4.98 Å². The van der Waals surface area contributed by atoms with Crippen molar-refractivity contribution in [1.82, 2.24) is 19.6 Å². The summed E-state index contributed by atoms with van der Waals surface area (Å²) in [6.45, 7) is 1.79. The Bertz CT molecular complexity index is 1140. The van der Waals surface area contributed by atoms with Crippen LogP contribution in [0.4, 0.5) is 5.69 Å². The highest BCUT2D eigenvalue weighted by Gasteiger charge is 2.18. The lowest BCUT2D eigenvalue weighted by Gasteiger charge is -2.12. The Morgan fingerprint density at radius 2 is 1.79 bits per heavy atom. The normalized spacial score (nSPS) is 11.3. The molecule has 0 unspecified atom stereocenters. The number of anilines is 1. The molecule has 0 aliphatic carbocycles. The molecule has 6 heteroatoms. The SMILES string of the molecule is CN(C)Cc1c(C(=O)NCCNc2cccc3ccccc23)nc2ccccn12. The molecule has 148 valence electrons. The van der Waals surface area contributed by atoms with E-state index in [0.717, 1.165) is 17.0 Å². The standard InChI is InChI=1S/C23H25N5O/c1-27(2)16-20-22(26-21-12-5-6-15-28(20)21)23(29)25-14-13-24-19-11-7-9-17-8-3-4-10-18(17)19/h3-12,15,24H,13-14,16H2,1-2H3,(H,25,29). The second kappa shape index (κ2) is 8.32. The van der Waals surface area contributed by atoms with E-state index in [2.05, 4.69) is 39.9 Å². The number of rotatable bonds is 7. The second-order valence-corrected chi connectivity index (χ2v) is 7.28. The van der Waals surface area contributed by atoms with Crippen LogP contribution in [0, 0.1) is 0 Å². The smallest absolute Gasteiger partial charge is 0.271 e. The van der Waals surface area contributed by atoms with Gasteiger partial charge in [0.15, 0.2) is 5.69 Å². The van der Waals surface area contributed by atoms with E-state index in [4.69, 9.17) is 0 Å². The van der Waals surface area contributed by atoms with Gasteiger partial charge in [-0.15, -0.1) is 0 Å². The second-order valence-electron chi connectivity index (χ2n) is 7.28. The molecule has 2 aromatic heterocycles. The summed E-state index contributed by atoms with van der Waals surface area (Å²) in [5, 5.41) is 8.79. The molecular formula is C23H25N5O. The number of amides is 1. The van der Waals surface area contributed by atoms with Crippen LogP contribution in [0.5, 0.6) is 0 Å². The number of imidazole rings is 1. The number of hydrogen-bond acceptors (Lipinski definition) is 4. The van der Waals surface area contributed by atoms with E-state index >= 15 is 0 Å². The first kappa shape index (κ1) is 19.0. The maximum absolute atomic E-state index is 12.8. The molecule has 2 N–H and O–H groups in total. The summed E-state index contributed by atoms with van der Waals surface area (Å²) < 4.78 is 1.98. The van der Waals surface area contributed by atoms with Gasteiger partial charge >= 0.3 is 0 Å². The van der Waals surface area contributed by atoms with Crippen LogP contribution < -0.4 is 10.6 Å². The van der Waals surface area contributed by atoms with Crippen LogP contribution in [0.2, 0.25) is 0 Å². The molecule has 29 heavy (non-hydrogen) atoms. The molecule has 4 aromatic rings. The summed E-state index contributed by atoms with van der Waals surface area (Å²) in [5.41, 5.74) is 3.22. The van der Waals surface area contributed by atoms with Crippen molar-refractivity contribution in [2.45, 2.75) is 6.54 Å².